The summed E-state index contributed by atoms with van der Waals surface area (Å²) in [5.41, 5.74) is -1.69. The smallest absolute Gasteiger partial charge is 0.321 e. The van der Waals surface area contributed by atoms with Crippen molar-refractivity contribution < 1.29 is 35.5 Å². The van der Waals surface area contributed by atoms with Gasteiger partial charge in [-0.25, -0.2) is 9.18 Å². The second-order valence-corrected chi connectivity index (χ2v) is 10.3. The van der Waals surface area contributed by atoms with E-state index in [1.54, 1.807) is 17.9 Å². The van der Waals surface area contributed by atoms with Gasteiger partial charge in [-0.2, -0.15) is 26.3 Å². The number of urea groups is 1. The van der Waals surface area contributed by atoms with E-state index in [-0.39, 0.29) is 11.6 Å². The zero-order valence-electron chi connectivity index (χ0n) is 22.1. The molecule has 2 aromatic carbocycles. The molecule has 3 nitrogen and oxygen atoms in total. The summed E-state index contributed by atoms with van der Waals surface area (Å²) in [4.78, 5) is 16.5. The standard InChI is InChI=1S/C28H33F7N2O/c1-6-16(2)19-9-10-37(25(14-19)24-8-7-23(29)11-17(24)3)26(38)36(5)18(4)20-12-21(27(30,31)32)15-22(13-20)28(33,34)35/h7-8,11-13,15-16,18-19,25H,6,9-10,14H2,1-5H3. The zero-order chi connectivity index (χ0) is 28.6. The predicted octanol–water partition coefficient (Wildman–Crippen LogP) is 8.78. The van der Waals surface area contributed by atoms with Crippen LogP contribution in [0.2, 0.25) is 0 Å². The molecule has 1 aliphatic heterocycles. The third-order valence-electron chi connectivity index (χ3n) is 7.90. The zero-order valence-corrected chi connectivity index (χ0v) is 22.1. The topological polar surface area (TPSA) is 23.6 Å². The van der Waals surface area contributed by atoms with Crippen LogP contribution in [0.25, 0.3) is 0 Å². The van der Waals surface area contributed by atoms with Crippen LogP contribution in [0, 0.1) is 24.6 Å². The fourth-order valence-electron chi connectivity index (χ4n) is 5.19. The highest BCUT2D eigenvalue weighted by Crippen LogP contribution is 2.42. The molecule has 0 spiro atoms. The third kappa shape index (κ3) is 6.43. The molecule has 0 radical (unpaired) electrons. The van der Waals surface area contributed by atoms with Crippen molar-refractivity contribution in [3.05, 3.63) is 70.0 Å². The Morgan fingerprint density at radius 1 is 1.03 bits per heavy atom. The summed E-state index contributed by atoms with van der Waals surface area (Å²) in [5, 5.41) is 0. The number of hydrogen-bond acceptors (Lipinski definition) is 1. The summed E-state index contributed by atoms with van der Waals surface area (Å²) in [6.45, 7) is 7.73. The Balaban J connectivity index is 1.97. The van der Waals surface area contributed by atoms with Gasteiger partial charge in [0, 0.05) is 13.6 Å². The van der Waals surface area contributed by atoms with Gasteiger partial charge < -0.3 is 9.80 Å². The first-order chi connectivity index (χ1) is 17.5. The fourth-order valence-corrected chi connectivity index (χ4v) is 5.19. The Kier molecular flexibility index (Phi) is 8.73. The molecule has 4 unspecified atom stereocenters. The molecule has 0 N–H and O–H groups in total. The lowest BCUT2D eigenvalue weighted by Gasteiger charge is -2.44. The van der Waals surface area contributed by atoms with Gasteiger partial charge in [0.1, 0.15) is 5.82 Å². The molecule has 210 valence electrons. The number of amides is 2. The highest BCUT2D eigenvalue weighted by atomic mass is 19.4. The van der Waals surface area contributed by atoms with Gasteiger partial charge >= 0.3 is 18.4 Å². The second-order valence-electron chi connectivity index (χ2n) is 10.3. The Morgan fingerprint density at radius 2 is 1.61 bits per heavy atom. The number of alkyl halides is 6. The number of hydrogen-bond donors (Lipinski definition) is 0. The Bertz CT molecular complexity index is 1110. The van der Waals surface area contributed by atoms with Crippen molar-refractivity contribution in [1.82, 2.24) is 9.80 Å². The van der Waals surface area contributed by atoms with Gasteiger partial charge in [0.05, 0.1) is 23.2 Å². The van der Waals surface area contributed by atoms with E-state index in [0.717, 1.165) is 12.0 Å². The van der Waals surface area contributed by atoms with E-state index < -0.39 is 47.4 Å². The summed E-state index contributed by atoms with van der Waals surface area (Å²) in [6, 6.07) is 3.74. The molecular formula is C28H33F7N2O. The number of aryl methyl sites for hydroxylation is 1. The van der Waals surface area contributed by atoms with Crippen molar-refractivity contribution in [2.45, 2.75) is 71.4 Å². The van der Waals surface area contributed by atoms with Crippen LogP contribution in [0.5, 0.6) is 0 Å². The van der Waals surface area contributed by atoms with Crippen molar-refractivity contribution in [1.29, 1.82) is 0 Å². The Hall–Kier alpha value is -2.78. The van der Waals surface area contributed by atoms with Crippen molar-refractivity contribution in [3.63, 3.8) is 0 Å². The lowest BCUT2D eigenvalue weighted by molar-refractivity contribution is -0.143. The molecule has 0 saturated carbocycles. The summed E-state index contributed by atoms with van der Waals surface area (Å²) >= 11 is 0. The fraction of sp³-hybridized carbons (Fsp3) is 0.536. The SMILES string of the molecule is CCC(C)C1CCN(C(=O)N(C)C(C)c2cc(C(F)(F)F)cc(C(F)(F)F)c2)C(c2ccc(F)cc2C)C1. The van der Waals surface area contributed by atoms with Crippen molar-refractivity contribution in [3.8, 4) is 0 Å². The van der Waals surface area contributed by atoms with Crippen molar-refractivity contribution in [2.24, 2.45) is 11.8 Å². The number of likely N-dealkylation sites (tertiary alicyclic amines) is 1. The maximum Gasteiger partial charge on any atom is 0.416 e. The molecule has 0 aliphatic carbocycles. The minimum atomic E-state index is -4.98. The number of benzene rings is 2. The van der Waals surface area contributed by atoms with E-state index in [9.17, 15) is 35.5 Å². The quantitative estimate of drug-likeness (QED) is 0.344. The number of piperidine rings is 1. The average Bonchev–Trinajstić information content (AvgIpc) is 2.85. The molecule has 4 atom stereocenters. The van der Waals surface area contributed by atoms with E-state index in [1.807, 2.05) is 0 Å². The summed E-state index contributed by atoms with van der Waals surface area (Å²) in [7, 11) is 1.37. The highest BCUT2D eigenvalue weighted by molar-refractivity contribution is 5.75. The summed E-state index contributed by atoms with van der Waals surface area (Å²) in [5.74, 6) is 0.284. The first kappa shape index (κ1) is 29.8. The van der Waals surface area contributed by atoms with E-state index in [1.165, 1.54) is 31.0 Å². The van der Waals surface area contributed by atoms with Crippen molar-refractivity contribution >= 4 is 6.03 Å². The lowest BCUT2D eigenvalue weighted by atomic mass is 9.78. The number of rotatable bonds is 5. The molecule has 1 heterocycles. The number of carbonyl (C=O) groups excluding carboxylic acids is 1. The van der Waals surface area contributed by atoms with Crippen LogP contribution in [0.1, 0.15) is 79.9 Å². The number of carbonyl (C=O) groups is 1. The molecule has 0 bridgehead atoms. The van der Waals surface area contributed by atoms with Gasteiger partial charge in [-0.05, 0) is 85.5 Å². The first-order valence-electron chi connectivity index (χ1n) is 12.6. The van der Waals surface area contributed by atoms with Crippen molar-refractivity contribution in [2.75, 3.05) is 13.6 Å². The second kappa shape index (κ2) is 11.1. The molecule has 1 aliphatic rings. The highest BCUT2D eigenvalue weighted by Gasteiger charge is 2.40. The summed E-state index contributed by atoms with van der Waals surface area (Å²) in [6.07, 6.45) is -7.69. The van der Waals surface area contributed by atoms with Crippen LogP contribution >= 0.6 is 0 Å². The van der Waals surface area contributed by atoms with Gasteiger partial charge in [0.25, 0.3) is 0 Å². The molecule has 1 saturated heterocycles. The molecule has 10 heteroatoms. The minimum absolute atomic E-state index is 0.0745. The van der Waals surface area contributed by atoms with Gasteiger partial charge in [-0.3, -0.25) is 0 Å². The first-order valence-corrected chi connectivity index (χ1v) is 12.6. The molecule has 1 fully saturated rings. The number of nitrogens with zero attached hydrogens (tertiary/aromatic N) is 2. The molecule has 2 amide bonds. The van der Waals surface area contributed by atoms with E-state index >= 15 is 0 Å². The molecule has 2 aromatic rings. The van der Waals surface area contributed by atoms with E-state index in [2.05, 4.69) is 13.8 Å². The average molecular weight is 547 g/mol. The molecule has 38 heavy (non-hydrogen) atoms. The van der Waals surface area contributed by atoms with Crippen LogP contribution in [0.3, 0.4) is 0 Å². The van der Waals surface area contributed by atoms with Crippen LogP contribution < -0.4 is 0 Å². The maximum atomic E-state index is 13.8. The van der Waals surface area contributed by atoms with Gasteiger partial charge in [-0.1, -0.05) is 26.3 Å². The molecule has 0 aromatic heterocycles. The number of halogens is 7. The normalized spacial score (nSPS) is 20.3. The Labute approximate surface area is 218 Å². The predicted molar refractivity (Wildman–Crippen MR) is 131 cm³/mol. The van der Waals surface area contributed by atoms with E-state index in [4.69, 9.17) is 0 Å². The molecule has 3 rings (SSSR count). The summed E-state index contributed by atoms with van der Waals surface area (Å²) < 4.78 is 94.3. The third-order valence-corrected chi connectivity index (χ3v) is 7.90. The minimum Gasteiger partial charge on any atom is -0.321 e. The Morgan fingerprint density at radius 3 is 2.11 bits per heavy atom. The van der Waals surface area contributed by atoms with Gasteiger partial charge in [0.15, 0.2) is 0 Å². The molecular weight excluding hydrogens is 513 g/mol. The monoisotopic (exact) mass is 546 g/mol. The lowest BCUT2D eigenvalue weighted by Crippen LogP contribution is -2.48. The van der Waals surface area contributed by atoms with Gasteiger partial charge in [0.2, 0.25) is 0 Å². The van der Waals surface area contributed by atoms with Gasteiger partial charge in [-0.15, -0.1) is 0 Å². The van der Waals surface area contributed by atoms with Crippen LogP contribution in [0.15, 0.2) is 36.4 Å². The maximum absolute atomic E-state index is 13.8. The van der Waals surface area contributed by atoms with Crippen LogP contribution in [0.4, 0.5) is 35.5 Å². The largest absolute Gasteiger partial charge is 0.416 e. The van der Waals surface area contributed by atoms with E-state index in [0.29, 0.717) is 48.9 Å². The van der Waals surface area contributed by atoms with Crippen LogP contribution in [-0.4, -0.2) is 29.4 Å². The van der Waals surface area contributed by atoms with Crippen LogP contribution in [-0.2, 0) is 12.4 Å².